The van der Waals surface area contributed by atoms with Crippen molar-refractivity contribution in [3.8, 4) is 0 Å². The topological polar surface area (TPSA) is 64.6 Å². The molecule has 0 radical (unpaired) electrons. The first kappa shape index (κ1) is 85.1. The van der Waals surface area contributed by atoms with E-state index in [1.165, 1.54) is 150 Å². The molecule has 3 aliphatic rings. The fourth-order valence-corrected chi connectivity index (χ4v) is 14.0. The van der Waals surface area contributed by atoms with Gasteiger partial charge in [0, 0.05) is 24.0 Å². The third-order valence-corrected chi connectivity index (χ3v) is 23.0. The quantitative estimate of drug-likeness (QED) is 0.0189. The van der Waals surface area contributed by atoms with Gasteiger partial charge in [-0.05, 0) is 316 Å². The van der Waals surface area contributed by atoms with Crippen LogP contribution in [0.5, 0.6) is 0 Å². The summed E-state index contributed by atoms with van der Waals surface area (Å²) in [6.45, 7) is 44.2. The zero-order chi connectivity index (χ0) is 68.1. The van der Waals surface area contributed by atoms with Crippen LogP contribution in [0.2, 0.25) is 0 Å². The number of halogens is 6. The van der Waals surface area contributed by atoms with Gasteiger partial charge in [-0.2, -0.15) is 0 Å². The average molecular weight is 1740 g/mol. The maximum Gasteiger partial charge on any atom is 0.640 e. The molecule has 0 spiro atoms. The summed E-state index contributed by atoms with van der Waals surface area (Å²) < 4.78 is 50.5. The van der Waals surface area contributed by atoms with Crippen LogP contribution in [0.4, 0.5) is 0 Å². The van der Waals surface area contributed by atoms with Crippen LogP contribution >= 0.6 is 109 Å². The molecule has 0 saturated carbocycles. The fourth-order valence-electron chi connectivity index (χ4n) is 10.6. The molecule has 16 heteroatoms. The van der Waals surface area contributed by atoms with Crippen LogP contribution in [0.25, 0.3) is 0 Å². The molecule has 0 bridgehead atoms. The lowest BCUT2D eigenvalue weighted by Gasteiger charge is -2.32. The molecule has 0 amide bonds. The molecule has 0 N–H and O–H groups in total. The van der Waals surface area contributed by atoms with Gasteiger partial charge in [0.25, 0.3) is 0 Å². The van der Waals surface area contributed by atoms with E-state index in [2.05, 4.69) is 227 Å². The monoisotopic (exact) mass is 1730 g/mol. The van der Waals surface area contributed by atoms with Crippen LogP contribution in [-0.2, 0) is 71.1 Å². The molecule has 0 aromatic heterocycles. The second kappa shape index (κ2) is 42.8. The van der Waals surface area contributed by atoms with E-state index in [1.54, 1.807) is 0 Å². The SMILES string of the molecule is Brc1cc(CCCCCCI)c(Br)cc1CCCCCCI.C=CCCCCc1cc(B2OC(C)(C)C(C)(C)O2)c(CCCCC=C)cc1B1OC(C)(C)C(C)(C)O1.C=CCCCCc1cc(Br)c(CCCCC=C)cc1Br.CC(C)OB1OC(C)(C)C(C)(C)O1. The Morgan fingerprint density at radius 2 is 0.593 bits per heavy atom. The molecule has 0 atom stereocenters. The lowest BCUT2D eigenvalue weighted by Crippen LogP contribution is -2.43. The standard InChI is InChI=1S/C30H48B2O4.C18H26Br2I2.C18H24Br2.C9H19BO3/c1-11-13-15-17-19-23-21-26(32-35-29(7,8)30(9,10)36-32)24(20-18-16-14-12-2)22-25(23)31-33-27(3,4)28(5,6)34-31;19-17-14-16(10-6-2-4-8-12-22)18(20)13-15(17)9-5-1-3-7-11-21;1-3-5-7-9-11-15-13-18(20)16(14-17(15)19)12-10-8-6-4-2;1-7(2)11-10-12-8(3,4)9(5,6)13-10/h11-12,21-22H,1-2,13-20H2,3-10H3;13-14H,1-12H2;3-4,13-14H,1-2,5-12H2;7H,1-6H3. The van der Waals surface area contributed by atoms with Crippen molar-refractivity contribution < 1.29 is 32.6 Å². The van der Waals surface area contributed by atoms with Gasteiger partial charge in [-0.3, -0.25) is 0 Å². The summed E-state index contributed by atoms with van der Waals surface area (Å²) in [6, 6.07) is 13.9. The Hall–Kier alpha value is -0.0852. The van der Waals surface area contributed by atoms with Gasteiger partial charge >= 0.3 is 21.6 Å². The molecule has 0 aliphatic carbocycles. The van der Waals surface area contributed by atoms with E-state index in [9.17, 15) is 0 Å². The zero-order valence-electron chi connectivity index (χ0n) is 58.8. The number of unbranched alkanes of at least 4 members (excludes halogenated alkanes) is 14. The molecule has 3 aromatic carbocycles. The molecule has 3 aromatic rings. The van der Waals surface area contributed by atoms with Gasteiger partial charge in [0.05, 0.1) is 33.6 Å². The van der Waals surface area contributed by atoms with E-state index in [-0.39, 0.29) is 53.9 Å². The highest BCUT2D eigenvalue weighted by Gasteiger charge is 2.55. The predicted molar refractivity (Wildman–Crippen MR) is 427 cm³/mol. The lowest BCUT2D eigenvalue weighted by molar-refractivity contribution is 0.00578. The molecule has 3 fully saturated rings. The van der Waals surface area contributed by atoms with Crippen molar-refractivity contribution in [3.05, 3.63) is 138 Å². The van der Waals surface area contributed by atoms with Gasteiger partial charge in [-0.15, -0.1) is 26.3 Å². The third-order valence-electron chi connectivity index (χ3n) is 18.5. The number of allylic oxidation sites excluding steroid dienone is 4. The molecule has 0 unspecified atom stereocenters. The largest absolute Gasteiger partial charge is 0.640 e. The second-order valence-electron chi connectivity index (χ2n) is 28.1. The predicted octanol–water partition coefficient (Wildman–Crippen LogP) is 23.4. The van der Waals surface area contributed by atoms with Crippen molar-refractivity contribution in [1.82, 2.24) is 0 Å². The minimum Gasteiger partial charge on any atom is -0.399 e. The number of hydrogen-bond donors (Lipinski definition) is 0. The zero-order valence-corrected chi connectivity index (χ0v) is 69.5. The Labute approximate surface area is 618 Å². The van der Waals surface area contributed by atoms with E-state index >= 15 is 0 Å². The van der Waals surface area contributed by atoms with E-state index in [0.717, 1.165) is 88.0 Å². The fraction of sp³-hybridized carbons (Fsp3) is 0.653. The first-order chi connectivity index (χ1) is 42.9. The number of aryl methyl sites for hydroxylation is 6. The maximum atomic E-state index is 6.53. The first-order valence-electron chi connectivity index (χ1n) is 34.2. The molecular weight excluding hydrogens is 1620 g/mol. The molecule has 91 heavy (non-hydrogen) atoms. The summed E-state index contributed by atoms with van der Waals surface area (Å²) >= 11 is 19.9. The summed E-state index contributed by atoms with van der Waals surface area (Å²) in [5.41, 5.74) is 8.39. The van der Waals surface area contributed by atoms with Crippen LogP contribution in [-0.4, -0.2) is 70.1 Å². The Balaban J connectivity index is 0.000000339. The number of alkyl halides is 2. The van der Waals surface area contributed by atoms with Crippen LogP contribution in [0.1, 0.15) is 259 Å². The van der Waals surface area contributed by atoms with E-state index in [0.29, 0.717) is 0 Å². The van der Waals surface area contributed by atoms with Crippen LogP contribution in [0.3, 0.4) is 0 Å². The van der Waals surface area contributed by atoms with E-state index in [4.69, 9.17) is 32.6 Å². The summed E-state index contributed by atoms with van der Waals surface area (Å²) in [6.07, 6.45) is 39.0. The minimum atomic E-state index is -0.523. The van der Waals surface area contributed by atoms with Crippen molar-refractivity contribution in [2.45, 2.75) is 304 Å². The van der Waals surface area contributed by atoms with Crippen molar-refractivity contribution >= 4 is 141 Å². The molecule has 3 saturated heterocycles. The van der Waals surface area contributed by atoms with Crippen molar-refractivity contribution in [3.63, 3.8) is 0 Å². The maximum absolute atomic E-state index is 6.53. The lowest BCUT2D eigenvalue weighted by atomic mass is 9.67. The van der Waals surface area contributed by atoms with E-state index < -0.39 is 7.32 Å². The Morgan fingerprint density at radius 3 is 0.835 bits per heavy atom. The molecular formula is C75H117B3Br4I2O7. The normalized spacial score (nSPS) is 17.2. The molecule has 510 valence electrons. The summed E-state index contributed by atoms with van der Waals surface area (Å²) in [4.78, 5) is 0. The second-order valence-corrected chi connectivity index (χ2v) is 33.6. The third kappa shape index (κ3) is 29.0. The highest BCUT2D eigenvalue weighted by atomic mass is 127. The highest BCUT2D eigenvalue weighted by molar-refractivity contribution is 14.1. The molecule has 3 aliphatic heterocycles. The molecule has 7 nitrogen and oxygen atoms in total. The average Bonchev–Trinajstić information content (AvgIpc) is 1.64. The van der Waals surface area contributed by atoms with Gasteiger partial charge in [0.2, 0.25) is 0 Å². The van der Waals surface area contributed by atoms with E-state index in [1.807, 2.05) is 65.8 Å². The van der Waals surface area contributed by atoms with Crippen LogP contribution in [0, 0.1) is 0 Å². The highest BCUT2D eigenvalue weighted by Crippen LogP contribution is 2.40. The summed E-state index contributed by atoms with van der Waals surface area (Å²) in [5, 5.41) is 0. The Kier molecular flexibility index (Phi) is 40.0. The summed E-state index contributed by atoms with van der Waals surface area (Å²) in [5.74, 6) is 0. The Morgan fingerprint density at radius 1 is 0.363 bits per heavy atom. The van der Waals surface area contributed by atoms with Gasteiger partial charge in [0.15, 0.2) is 0 Å². The van der Waals surface area contributed by atoms with Crippen molar-refractivity contribution in [2.24, 2.45) is 0 Å². The van der Waals surface area contributed by atoms with Gasteiger partial charge < -0.3 is 32.6 Å². The van der Waals surface area contributed by atoms with Gasteiger partial charge in [0.1, 0.15) is 0 Å². The first-order valence-corrected chi connectivity index (χ1v) is 40.5. The molecule has 6 rings (SSSR count). The number of rotatable bonds is 36. The smallest absolute Gasteiger partial charge is 0.399 e. The summed E-state index contributed by atoms with van der Waals surface area (Å²) in [7, 11) is -1.29. The van der Waals surface area contributed by atoms with Gasteiger partial charge in [-0.1, -0.05) is 171 Å². The molecule has 3 heterocycles. The van der Waals surface area contributed by atoms with Crippen LogP contribution in [0.15, 0.2) is 105 Å². The number of benzene rings is 3. The van der Waals surface area contributed by atoms with Gasteiger partial charge in [-0.25, -0.2) is 0 Å². The van der Waals surface area contributed by atoms with Crippen molar-refractivity contribution in [1.29, 1.82) is 0 Å². The number of hydrogen-bond acceptors (Lipinski definition) is 7. The van der Waals surface area contributed by atoms with Crippen LogP contribution < -0.4 is 10.9 Å². The Bertz CT molecular complexity index is 2460. The van der Waals surface area contributed by atoms with Crippen molar-refractivity contribution in [2.75, 3.05) is 8.86 Å². The minimum absolute atomic E-state index is 0.120.